The van der Waals surface area contributed by atoms with Crippen LogP contribution in [0.2, 0.25) is 0 Å². The Hall–Kier alpha value is -2.30. The highest BCUT2D eigenvalue weighted by Gasteiger charge is 2.31. The topological polar surface area (TPSA) is 91.0 Å². The molecule has 176 valence electrons. The average molecular weight is 487 g/mol. The SMILES string of the molecule is CCONC(=O)C1=CN(C)C(Cl)C=C1Nc1cc(F)c(C2CC2)cc1N(C)S(=O)(=O)CC. The first kappa shape index (κ1) is 24.3. The number of likely N-dealkylation sites (N-methyl/N-ethyl adjacent to an activating group) is 1. The van der Waals surface area contributed by atoms with E-state index in [9.17, 15) is 17.6 Å². The molecule has 1 fully saturated rings. The van der Waals surface area contributed by atoms with Gasteiger partial charge in [-0.2, -0.15) is 0 Å². The van der Waals surface area contributed by atoms with Crippen molar-refractivity contribution in [3.8, 4) is 0 Å². The summed E-state index contributed by atoms with van der Waals surface area (Å²) in [6, 6.07) is 2.84. The zero-order valence-corrected chi connectivity index (χ0v) is 20.1. The van der Waals surface area contributed by atoms with E-state index in [0.29, 0.717) is 16.9 Å². The summed E-state index contributed by atoms with van der Waals surface area (Å²) in [6.07, 6.45) is 4.86. The molecule has 1 aliphatic carbocycles. The minimum absolute atomic E-state index is 0.0859. The highest BCUT2D eigenvalue weighted by Crippen LogP contribution is 2.44. The van der Waals surface area contributed by atoms with Crippen LogP contribution in [0, 0.1) is 5.82 Å². The molecule has 0 spiro atoms. The number of rotatable bonds is 9. The van der Waals surface area contributed by atoms with E-state index in [0.717, 1.165) is 17.1 Å². The van der Waals surface area contributed by atoms with Crippen molar-refractivity contribution >= 4 is 38.9 Å². The number of nitrogens with zero attached hydrogens (tertiary/aromatic N) is 2. The van der Waals surface area contributed by atoms with Crippen LogP contribution in [-0.4, -0.2) is 51.2 Å². The fourth-order valence-electron chi connectivity index (χ4n) is 3.31. The van der Waals surface area contributed by atoms with Crippen LogP contribution in [0.15, 0.2) is 35.7 Å². The number of hydrogen-bond acceptors (Lipinski definition) is 6. The van der Waals surface area contributed by atoms with Gasteiger partial charge in [0.1, 0.15) is 11.3 Å². The molecule has 11 heteroatoms. The van der Waals surface area contributed by atoms with Gasteiger partial charge in [-0.15, -0.1) is 0 Å². The van der Waals surface area contributed by atoms with Gasteiger partial charge in [0.2, 0.25) is 10.0 Å². The van der Waals surface area contributed by atoms with Gasteiger partial charge < -0.3 is 10.2 Å². The Morgan fingerprint density at radius 3 is 2.62 bits per heavy atom. The van der Waals surface area contributed by atoms with E-state index in [4.69, 9.17) is 16.4 Å². The minimum atomic E-state index is -3.61. The van der Waals surface area contributed by atoms with E-state index in [2.05, 4.69) is 10.8 Å². The highest BCUT2D eigenvalue weighted by atomic mass is 35.5. The van der Waals surface area contributed by atoms with E-state index in [1.165, 1.54) is 19.3 Å². The van der Waals surface area contributed by atoms with E-state index < -0.39 is 27.2 Å². The number of carbonyl (C=O) groups excluding carboxylic acids is 1. The maximum atomic E-state index is 14.9. The molecular weight excluding hydrogens is 459 g/mol. The molecule has 0 bridgehead atoms. The van der Waals surface area contributed by atoms with Crippen molar-refractivity contribution in [3.63, 3.8) is 0 Å². The van der Waals surface area contributed by atoms with Crippen molar-refractivity contribution in [2.24, 2.45) is 0 Å². The molecule has 1 saturated carbocycles. The zero-order valence-electron chi connectivity index (χ0n) is 18.5. The summed E-state index contributed by atoms with van der Waals surface area (Å²) in [7, 11) is -0.473. The lowest BCUT2D eigenvalue weighted by molar-refractivity contribution is -0.129. The molecule has 1 heterocycles. The fraction of sp³-hybridized carbons (Fsp3) is 0.476. The first-order valence-electron chi connectivity index (χ1n) is 10.4. The second-order valence-electron chi connectivity index (χ2n) is 7.68. The molecule has 0 saturated heterocycles. The van der Waals surface area contributed by atoms with Gasteiger partial charge in [-0.25, -0.2) is 18.3 Å². The molecule has 1 aromatic carbocycles. The first-order valence-corrected chi connectivity index (χ1v) is 12.4. The van der Waals surface area contributed by atoms with Crippen molar-refractivity contribution in [1.29, 1.82) is 0 Å². The van der Waals surface area contributed by atoms with Gasteiger partial charge in [0.05, 0.1) is 35.0 Å². The van der Waals surface area contributed by atoms with Gasteiger partial charge in [0.15, 0.2) is 0 Å². The van der Waals surface area contributed by atoms with Gasteiger partial charge in [-0.3, -0.25) is 13.9 Å². The number of hydroxylamine groups is 1. The summed E-state index contributed by atoms with van der Waals surface area (Å²) in [5.41, 5.74) is 3.26. The molecule has 1 aromatic rings. The number of anilines is 2. The second kappa shape index (κ2) is 9.68. The van der Waals surface area contributed by atoms with Gasteiger partial charge >= 0.3 is 0 Å². The lowest BCUT2D eigenvalue weighted by Gasteiger charge is -2.29. The lowest BCUT2D eigenvalue weighted by Crippen LogP contribution is -2.34. The molecule has 2 aliphatic rings. The van der Waals surface area contributed by atoms with Crippen LogP contribution < -0.4 is 15.1 Å². The number of nitrogens with one attached hydrogen (secondary N) is 2. The second-order valence-corrected chi connectivity index (χ2v) is 10.4. The molecular formula is C21H28ClFN4O4S. The Morgan fingerprint density at radius 1 is 1.34 bits per heavy atom. The summed E-state index contributed by atoms with van der Waals surface area (Å²) in [5, 5.41) is 3.03. The van der Waals surface area contributed by atoms with Crippen LogP contribution in [0.4, 0.5) is 15.8 Å². The Bertz CT molecular complexity index is 1060. The van der Waals surface area contributed by atoms with Gasteiger partial charge in [0.25, 0.3) is 5.91 Å². The predicted molar refractivity (Wildman–Crippen MR) is 123 cm³/mol. The summed E-state index contributed by atoms with van der Waals surface area (Å²) in [4.78, 5) is 19.2. The standard InChI is InChI=1S/C21H28ClFN4O4S/c1-5-31-25-21(28)15-12-26(3)20(22)11-17(15)24-18-10-16(23)14(13-7-8-13)9-19(18)27(4)32(29,30)6-2/h9-13,20,24H,5-8H2,1-4H3,(H,25,28). The summed E-state index contributed by atoms with van der Waals surface area (Å²) in [6.45, 7) is 3.55. The molecule has 0 aromatic heterocycles. The highest BCUT2D eigenvalue weighted by molar-refractivity contribution is 7.92. The Labute approximate surface area is 193 Å². The Morgan fingerprint density at radius 2 is 2.03 bits per heavy atom. The lowest BCUT2D eigenvalue weighted by atomic mass is 10.1. The molecule has 1 atom stereocenters. The molecule has 1 unspecified atom stereocenters. The molecule has 0 radical (unpaired) electrons. The van der Waals surface area contributed by atoms with E-state index in [-0.39, 0.29) is 29.5 Å². The van der Waals surface area contributed by atoms with Crippen molar-refractivity contribution in [3.05, 3.63) is 47.1 Å². The van der Waals surface area contributed by atoms with Crippen LogP contribution in [-0.2, 0) is 19.7 Å². The summed E-state index contributed by atoms with van der Waals surface area (Å²) < 4.78 is 41.2. The third kappa shape index (κ3) is 5.19. The number of sulfonamides is 1. The van der Waals surface area contributed by atoms with Crippen LogP contribution in [0.5, 0.6) is 0 Å². The number of halogens is 2. The average Bonchev–Trinajstić information content (AvgIpc) is 3.59. The monoisotopic (exact) mass is 486 g/mol. The maximum absolute atomic E-state index is 14.9. The Kier molecular flexibility index (Phi) is 7.36. The molecule has 3 rings (SSSR count). The molecule has 1 amide bonds. The van der Waals surface area contributed by atoms with E-state index in [1.54, 1.807) is 37.9 Å². The summed E-state index contributed by atoms with van der Waals surface area (Å²) >= 11 is 6.33. The Balaban J connectivity index is 2.04. The van der Waals surface area contributed by atoms with Crippen molar-refractivity contribution in [2.75, 3.05) is 36.1 Å². The number of carbonyl (C=O) groups is 1. The molecule has 32 heavy (non-hydrogen) atoms. The number of benzene rings is 1. The quantitative estimate of drug-likeness (QED) is 0.316. The van der Waals surface area contributed by atoms with Crippen molar-refractivity contribution < 1.29 is 22.4 Å². The van der Waals surface area contributed by atoms with Crippen molar-refractivity contribution in [1.82, 2.24) is 10.4 Å². The molecule has 2 N–H and O–H groups in total. The number of amides is 1. The van der Waals surface area contributed by atoms with Crippen molar-refractivity contribution in [2.45, 2.75) is 38.1 Å². The number of hydrogen-bond donors (Lipinski definition) is 2. The number of alkyl halides is 1. The smallest absolute Gasteiger partial charge is 0.278 e. The van der Waals surface area contributed by atoms with Gasteiger partial charge in [-0.1, -0.05) is 11.6 Å². The van der Waals surface area contributed by atoms with Crippen LogP contribution in [0.3, 0.4) is 0 Å². The zero-order chi connectivity index (χ0) is 23.6. The third-order valence-corrected chi connectivity index (χ3v) is 7.59. The third-order valence-electron chi connectivity index (χ3n) is 5.39. The normalized spacial score (nSPS) is 18.7. The molecule has 8 nitrogen and oxygen atoms in total. The minimum Gasteiger partial charge on any atom is -0.360 e. The summed E-state index contributed by atoms with van der Waals surface area (Å²) in [5.74, 6) is -0.977. The van der Waals surface area contributed by atoms with Crippen LogP contribution in [0.1, 0.15) is 38.2 Å². The van der Waals surface area contributed by atoms with Gasteiger partial charge in [0, 0.05) is 20.3 Å². The van der Waals surface area contributed by atoms with Crippen LogP contribution >= 0.6 is 11.6 Å². The van der Waals surface area contributed by atoms with Crippen LogP contribution in [0.25, 0.3) is 0 Å². The first-order chi connectivity index (χ1) is 15.1. The maximum Gasteiger partial charge on any atom is 0.278 e. The van der Waals surface area contributed by atoms with E-state index in [1.807, 2.05) is 0 Å². The fourth-order valence-corrected chi connectivity index (χ4v) is 4.33. The molecule has 1 aliphatic heterocycles. The van der Waals surface area contributed by atoms with E-state index >= 15 is 0 Å². The largest absolute Gasteiger partial charge is 0.360 e. The predicted octanol–water partition coefficient (Wildman–Crippen LogP) is 3.25. The van der Waals surface area contributed by atoms with Gasteiger partial charge in [-0.05, 0) is 56.4 Å².